The lowest BCUT2D eigenvalue weighted by molar-refractivity contribution is -0.240. The highest BCUT2D eigenvalue weighted by atomic mass is 16.7. The van der Waals surface area contributed by atoms with Crippen molar-refractivity contribution in [1.29, 1.82) is 0 Å². The van der Waals surface area contributed by atoms with Crippen LogP contribution in [0.4, 0.5) is 0 Å². The predicted molar refractivity (Wildman–Crippen MR) is 59.4 cm³/mol. The molecule has 3 heteroatoms. The van der Waals surface area contributed by atoms with Gasteiger partial charge in [0.2, 0.25) is 0 Å². The van der Waals surface area contributed by atoms with E-state index in [2.05, 4.69) is 11.9 Å². The molecule has 0 amide bonds. The Morgan fingerprint density at radius 1 is 1.21 bits per heavy atom. The van der Waals surface area contributed by atoms with E-state index < -0.39 is 0 Å². The first-order valence-electron chi connectivity index (χ1n) is 5.60. The Morgan fingerprint density at radius 3 is 2.07 bits per heavy atom. The van der Waals surface area contributed by atoms with Crippen LogP contribution in [0.2, 0.25) is 0 Å². The second kappa shape index (κ2) is 7.21. The maximum absolute atomic E-state index is 5.62. The van der Waals surface area contributed by atoms with Gasteiger partial charge in [0.05, 0.1) is 0 Å². The lowest BCUT2D eigenvalue weighted by Crippen LogP contribution is -2.46. The van der Waals surface area contributed by atoms with Crippen molar-refractivity contribution in [2.24, 2.45) is 0 Å². The number of ether oxygens (including phenoxy) is 2. The van der Waals surface area contributed by atoms with Crippen molar-refractivity contribution in [3.63, 3.8) is 0 Å². The molecule has 0 aromatic rings. The maximum Gasteiger partial charge on any atom is 0.170 e. The molecule has 0 saturated carbocycles. The molecule has 0 aromatic carbocycles. The van der Waals surface area contributed by atoms with Crippen LogP contribution < -0.4 is 0 Å². The van der Waals surface area contributed by atoms with Crippen LogP contribution >= 0.6 is 0 Å². The van der Waals surface area contributed by atoms with E-state index in [1.54, 1.807) is 7.11 Å². The Kier molecular flexibility index (Phi) is 7.15. The van der Waals surface area contributed by atoms with Gasteiger partial charge in [0.1, 0.15) is 0 Å². The van der Waals surface area contributed by atoms with Crippen molar-refractivity contribution >= 4 is 0 Å². The molecule has 0 N–H and O–H groups in total. The molecule has 1 saturated heterocycles. The number of rotatable bonds is 3. The Morgan fingerprint density at radius 2 is 1.71 bits per heavy atom. The van der Waals surface area contributed by atoms with E-state index in [0.717, 1.165) is 32.5 Å². The van der Waals surface area contributed by atoms with Crippen LogP contribution in [0.25, 0.3) is 0 Å². The predicted octanol–water partition coefficient (Wildman–Crippen LogP) is 2.12. The SMILES string of the molecule is CC.CCOC1(OC)CCN(C)CC1. The van der Waals surface area contributed by atoms with Crippen molar-refractivity contribution in [1.82, 2.24) is 4.90 Å². The second-order valence-corrected chi connectivity index (χ2v) is 3.35. The van der Waals surface area contributed by atoms with Gasteiger partial charge in [0, 0.05) is 39.6 Å². The van der Waals surface area contributed by atoms with Gasteiger partial charge in [0.15, 0.2) is 5.79 Å². The third kappa shape index (κ3) is 3.95. The standard InChI is InChI=1S/C9H19NO2.C2H6/c1-4-12-9(11-3)5-7-10(2)8-6-9;1-2/h4-8H2,1-3H3;1-2H3. The molecule has 0 unspecified atom stereocenters. The van der Waals surface area contributed by atoms with Gasteiger partial charge in [0.25, 0.3) is 0 Å². The van der Waals surface area contributed by atoms with Crippen molar-refractivity contribution in [3.8, 4) is 0 Å². The largest absolute Gasteiger partial charge is 0.353 e. The van der Waals surface area contributed by atoms with Gasteiger partial charge in [-0.1, -0.05) is 13.8 Å². The first-order chi connectivity index (χ1) is 6.72. The highest BCUT2D eigenvalue weighted by molar-refractivity contribution is 4.78. The van der Waals surface area contributed by atoms with E-state index in [1.165, 1.54) is 0 Å². The maximum atomic E-state index is 5.62. The molecular formula is C11H25NO2. The van der Waals surface area contributed by atoms with Crippen LogP contribution in [0.3, 0.4) is 0 Å². The molecule has 0 aliphatic carbocycles. The molecule has 1 aliphatic heterocycles. The number of likely N-dealkylation sites (tertiary alicyclic amines) is 1. The molecule has 86 valence electrons. The minimum Gasteiger partial charge on any atom is -0.353 e. The monoisotopic (exact) mass is 203 g/mol. The summed E-state index contributed by atoms with van der Waals surface area (Å²) in [7, 11) is 3.87. The number of hydrogen-bond donors (Lipinski definition) is 0. The third-order valence-corrected chi connectivity index (χ3v) is 2.53. The van der Waals surface area contributed by atoms with E-state index in [0.29, 0.717) is 0 Å². The van der Waals surface area contributed by atoms with E-state index in [-0.39, 0.29) is 5.79 Å². The highest BCUT2D eigenvalue weighted by Crippen LogP contribution is 2.26. The first-order valence-corrected chi connectivity index (χ1v) is 5.60. The molecule has 1 fully saturated rings. The third-order valence-electron chi connectivity index (χ3n) is 2.53. The molecule has 3 nitrogen and oxygen atoms in total. The molecule has 0 radical (unpaired) electrons. The topological polar surface area (TPSA) is 21.7 Å². The zero-order valence-corrected chi connectivity index (χ0v) is 10.3. The summed E-state index contributed by atoms with van der Waals surface area (Å²) in [6, 6.07) is 0. The molecule has 0 bridgehead atoms. The molecule has 1 heterocycles. The summed E-state index contributed by atoms with van der Waals surface area (Å²) in [5, 5.41) is 0. The Hall–Kier alpha value is -0.120. The first kappa shape index (κ1) is 13.9. The second-order valence-electron chi connectivity index (χ2n) is 3.35. The van der Waals surface area contributed by atoms with Gasteiger partial charge < -0.3 is 14.4 Å². The molecule has 0 atom stereocenters. The summed E-state index contributed by atoms with van der Waals surface area (Å²) in [6.07, 6.45) is 1.96. The smallest absolute Gasteiger partial charge is 0.170 e. The molecule has 14 heavy (non-hydrogen) atoms. The summed E-state index contributed by atoms with van der Waals surface area (Å²) in [6.45, 7) is 8.87. The minimum atomic E-state index is -0.290. The fourth-order valence-electron chi connectivity index (χ4n) is 1.63. The van der Waals surface area contributed by atoms with Gasteiger partial charge >= 0.3 is 0 Å². The number of piperidine rings is 1. The quantitative estimate of drug-likeness (QED) is 0.656. The summed E-state index contributed by atoms with van der Waals surface area (Å²) in [5.41, 5.74) is 0. The van der Waals surface area contributed by atoms with Crippen molar-refractivity contribution < 1.29 is 9.47 Å². The van der Waals surface area contributed by atoms with Crippen LogP contribution in [0.1, 0.15) is 33.6 Å². The van der Waals surface area contributed by atoms with Crippen LogP contribution in [0, 0.1) is 0 Å². The summed E-state index contributed by atoms with van der Waals surface area (Å²) in [5.74, 6) is -0.290. The average molecular weight is 203 g/mol. The van der Waals surface area contributed by atoms with Crippen molar-refractivity contribution in [2.75, 3.05) is 33.9 Å². The van der Waals surface area contributed by atoms with E-state index in [1.807, 2.05) is 20.8 Å². The zero-order chi connectivity index (χ0) is 11.0. The fraction of sp³-hybridized carbons (Fsp3) is 1.00. The fourth-order valence-corrected chi connectivity index (χ4v) is 1.63. The number of hydrogen-bond acceptors (Lipinski definition) is 3. The van der Waals surface area contributed by atoms with Crippen LogP contribution in [0.5, 0.6) is 0 Å². The van der Waals surface area contributed by atoms with Gasteiger partial charge in [-0.15, -0.1) is 0 Å². The van der Waals surface area contributed by atoms with Gasteiger partial charge in [-0.3, -0.25) is 0 Å². The molecule has 1 rings (SSSR count). The highest BCUT2D eigenvalue weighted by Gasteiger charge is 2.33. The van der Waals surface area contributed by atoms with Gasteiger partial charge in [-0.25, -0.2) is 0 Å². The Balaban J connectivity index is 0.000000791. The Labute approximate surface area is 88.4 Å². The molecule has 0 aromatic heterocycles. The van der Waals surface area contributed by atoms with Gasteiger partial charge in [-0.05, 0) is 14.0 Å². The summed E-state index contributed by atoms with van der Waals surface area (Å²) < 4.78 is 11.0. The number of nitrogens with zero attached hydrogens (tertiary/aromatic N) is 1. The van der Waals surface area contributed by atoms with Gasteiger partial charge in [-0.2, -0.15) is 0 Å². The van der Waals surface area contributed by atoms with E-state index in [9.17, 15) is 0 Å². The lowest BCUT2D eigenvalue weighted by atomic mass is 10.0. The number of methoxy groups -OCH3 is 1. The zero-order valence-electron chi connectivity index (χ0n) is 10.3. The molecular weight excluding hydrogens is 178 g/mol. The molecule has 1 aliphatic rings. The van der Waals surface area contributed by atoms with E-state index in [4.69, 9.17) is 9.47 Å². The van der Waals surface area contributed by atoms with Crippen LogP contribution in [-0.4, -0.2) is 44.5 Å². The summed E-state index contributed by atoms with van der Waals surface area (Å²) >= 11 is 0. The Bertz CT molecular complexity index is 131. The lowest BCUT2D eigenvalue weighted by Gasteiger charge is -2.38. The summed E-state index contributed by atoms with van der Waals surface area (Å²) in [4.78, 5) is 2.30. The van der Waals surface area contributed by atoms with E-state index >= 15 is 0 Å². The average Bonchev–Trinajstić information content (AvgIpc) is 2.25. The van der Waals surface area contributed by atoms with Crippen molar-refractivity contribution in [3.05, 3.63) is 0 Å². The normalized spacial score (nSPS) is 21.2. The van der Waals surface area contributed by atoms with Crippen LogP contribution in [0.15, 0.2) is 0 Å². The van der Waals surface area contributed by atoms with Crippen molar-refractivity contribution in [2.45, 2.75) is 39.4 Å². The molecule has 0 spiro atoms. The van der Waals surface area contributed by atoms with Crippen LogP contribution in [-0.2, 0) is 9.47 Å². The minimum absolute atomic E-state index is 0.290.